The molecule has 5 rings (SSSR count). The van der Waals surface area contributed by atoms with Gasteiger partial charge in [0.2, 0.25) is 20.0 Å². The maximum Gasteiger partial charge on any atom is 0.211 e. The minimum atomic E-state index is -3.26. The van der Waals surface area contributed by atoms with Crippen molar-refractivity contribution in [2.24, 2.45) is 5.92 Å². The molecule has 0 unspecified atom stereocenters. The van der Waals surface area contributed by atoms with Crippen LogP contribution in [0.2, 0.25) is 0 Å². The summed E-state index contributed by atoms with van der Waals surface area (Å²) < 4.78 is 81.7. The molecule has 0 aliphatic carbocycles. The lowest BCUT2D eigenvalue weighted by Crippen LogP contribution is -2.40. The maximum absolute atomic E-state index is 14.2. The van der Waals surface area contributed by atoms with Crippen LogP contribution in [0, 0.1) is 17.6 Å². The molecule has 3 aliphatic heterocycles. The van der Waals surface area contributed by atoms with Gasteiger partial charge in [-0.15, -0.1) is 0 Å². The first-order valence-corrected chi connectivity index (χ1v) is 17.7. The van der Waals surface area contributed by atoms with Gasteiger partial charge in [-0.25, -0.2) is 34.9 Å². The average molecular weight is 600 g/mol. The summed E-state index contributed by atoms with van der Waals surface area (Å²) in [4.78, 5) is 6.96. The van der Waals surface area contributed by atoms with E-state index in [0.717, 1.165) is 56.4 Å². The normalized spacial score (nSPS) is 21.9. The topological polar surface area (TPSA) is 95.8 Å². The summed E-state index contributed by atoms with van der Waals surface area (Å²) in [6.45, 7) is 4.19. The monoisotopic (exact) mass is 599 g/mol. The molecule has 1 aromatic heterocycles. The summed E-state index contributed by atoms with van der Waals surface area (Å²) in [5.41, 5.74) is 2.61. The zero-order valence-corrected chi connectivity index (χ0v) is 24.8. The summed E-state index contributed by atoms with van der Waals surface area (Å²) in [5.74, 6) is -1.10. The van der Waals surface area contributed by atoms with E-state index in [1.165, 1.54) is 33.3 Å². The molecule has 0 saturated carbocycles. The molecule has 13 heteroatoms. The fraction of sp³-hybridized carbons (Fsp3) is 0.667. The highest BCUT2D eigenvalue weighted by Crippen LogP contribution is 2.37. The Balaban J connectivity index is 1.22. The van der Waals surface area contributed by atoms with Gasteiger partial charge in [-0.3, -0.25) is 0 Å². The molecule has 2 aromatic rings. The Bertz CT molecular complexity index is 1400. The van der Waals surface area contributed by atoms with Crippen LogP contribution in [0.4, 0.5) is 8.78 Å². The number of benzene rings is 1. The van der Waals surface area contributed by atoms with Crippen molar-refractivity contribution in [1.82, 2.24) is 23.1 Å². The number of nitrogens with zero attached hydrogens (tertiary/aromatic N) is 5. The molecule has 2 saturated heterocycles. The molecule has 0 radical (unpaired) electrons. The Hall–Kier alpha value is -1.93. The lowest BCUT2D eigenvalue weighted by molar-refractivity contribution is 0.165. The average Bonchev–Trinajstić information content (AvgIpc) is 3.31. The van der Waals surface area contributed by atoms with Crippen molar-refractivity contribution in [2.45, 2.75) is 57.0 Å². The van der Waals surface area contributed by atoms with Crippen molar-refractivity contribution in [1.29, 1.82) is 0 Å². The second-order valence-corrected chi connectivity index (χ2v) is 15.5. The Morgan fingerprint density at radius 3 is 2.10 bits per heavy atom. The van der Waals surface area contributed by atoms with E-state index in [0.29, 0.717) is 51.0 Å². The molecule has 0 amide bonds. The SMILES string of the molecule is CS(=O)(=O)N1CCC([C@@H](CCN2CCC(n3cnc4c3CN(S(C)(=O)=O)CC4)CC2)c2cc(F)cc(F)c2)CC1. The van der Waals surface area contributed by atoms with Gasteiger partial charge in [-0.1, -0.05) is 0 Å². The van der Waals surface area contributed by atoms with Gasteiger partial charge in [-0.05, 0) is 68.2 Å². The molecule has 0 bridgehead atoms. The van der Waals surface area contributed by atoms with Gasteiger partial charge in [0.1, 0.15) is 11.6 Å². The first kappa shape index (κ1) is 29.6. The number of sulfonamides is 2. The van der Waals surface area contributed by atoms with E-state index in [4.69, 9.17) is 0 Å². The van der Waals surface area contributed by atoms with Crippen LogP contribution in [-0.4, -0.2) is 91.7 Å². The summed E-state index contributed by atoms with van der Waals surface area (Å²) in [5, 5.41) is 0. The van der Waals surface area contributed by atoms with Crippen molar-refractivity contribution < 1.29 is 25.6 Å². The quantitative estimate of drug-likeness (QED) is 0.463. The molecule has 2 fully saturated rings. The van der Waals surface area contributed by atoms with Gasteiger partial charge in [0.15, 0.2) is 0 Å². The predicted molar refractivity (Wildman–Crippen MR) is 149 cm³/mol. The van der Waals surface area contributed by atoms with Gasteiger partial charge in [0, 0.05) is 51.3 Å². The Kier molecular flexibility index (Phi) is 8.68. The fourth-order valence-corrected chi connectivity index (χ4v) is 8.35. The Morgan fingerprint density at radius 1 is 0.875 bits per heavy atom. The minimum Gasteiger partial charge on any atom is -0.330 e. The van der Waals surface area contributed by atoms with Crippen LogP contribution >= 0.6 is 0 Å². The summed E-state index contributed by atoms with van der Waals surface area (Å²) in [6, 6.07) is 3.98. The van der Waals surface area contributed by atoms with Crippen LogP contribution in [0.1, 0.15) is 61.0 Å². The van der Waals surface area contributed by atoms with E-state index in [1.807, 2.05) is 6.33 Å². The first-order valence-electron chi connectivity index (χ1n) is 14.0. The smallest absolute Gasteiger partial charge is 0.211 e. The number of hydrogen-bond donors (Lipinski definition) is 0. The third kappa shape index (κ3) is 6.75. The number of hydrogen-bond acceptors (Lipinski definition) is 6. The summed E-state index contributed by atoms with van der Waals surface area (Å²) >= 11 is 0. The van der Waals surface area contributed by atoms with Crippen molar-refractivity contribution >= 4 is 20.0 Å². The highest BCUT2D eigenvalue weighted by molar-refractivity contribution is 7.88. The van der Waals surface area contributed by atoms with E-state index in [-0.39, 0.29) is 17.9 Å². The second kappa shape index (κ2) is 11.7. The number of imidazole rings is 1. The van der Waals surface area contributed by atoms with E-state index in [2.05, 4.69) is 14.5 Å². The molecule has 9 nitrogen and oxygen atoms in total. The van der Waals surface area contributed by atoms with Crippen molar-refractivity contribution in [2.75, 3.05) is 51.8 Å². The standard InChI is InChI=1S/C27H39F2N5O4S2/c1-39(35,36)32-12-3-20(4-13-32)25(21-15-22(28)17-23(29)16-21)7-11-31-9-5-24(6-10-31)34-19-30-26-8-14-33(18-27(26)34)40(2,37)38/h15-17,19-20,24-25H,3-14,18H2,1-2H3/t25-/m1/s1. The Labute approximate surface area is 236 Å². The third-order valence-corrected chi connectivity index (χ3v) is 11.5. The highest BCUT2D eigenvalue weighted by atomic mass is 32.2. The molecule has 0 N–H and O–H groups in total. The number of rotatable bonds is 8. The number of fused-ring (bicyclic) bond motifs is 1. The number of piperidine rings is 2. The molecule has 1 atom stereocenters. The fourth-order valence-electron chi connectivity index (χ4n) is 6.70. The van der Waals surface area contributed by atoms with Crippen LogP contribution in [0.25, 0.3) is 0 Å². The van der Waals surface area contributed by atoms with Crippen molar-refractivity contribution in [3.05, 3.63) is 53.1 Å². The summed E-state index contributed by atoms with van der Waals surface area (Å²) in [7, 11) is -6.52. The van der Waals surface area contributed by atoms with Gasteiger partial charge in [0.25, 0.3) is 0 Å². The summed E-state index contributed by atoms with van der Waals surface area (Å²) in [6.07, 6.45) is 8.83. The second-order valence-electron chi connectivity index (χ2n) is 11.6. The molecular formula is C27H39F2N5O4S2. The van der Waals surface area contributed by atoms with E-state index >= 15 is 0 Å². The van der Waals surface area contributed by atoms with Crippen molar-refractivity contribution in [3.8, 4) is 0 Å². The zero-order chi connectivity index (χ0) is 28.7. The zero-order valence-electron chi connectivity index (χ0n) is 23.2. The number of likely N-dealkylation sites (tertiary alicyclic amines) is 1. The van der Waals surface area contributed by atoms with Crippen LogP contribution in [0.3, 0.4) is 0 Å². The molecular weight excluding hydrogens is 560 g/mol. The van der Waals surface area contributed by atoms with Gasteiger partial charge in [-0.2, -0.15) is 4.31 Å². The van der Waals surface area contributed by atoms with E-state index in [9.17, 15) is 25.6 Å². The first-order chi connectivity index (χ1) is 18.9. The van der Waals surface area contributed by atoms with Gasteiger partial charge in [0.05, 0.1) is 36.8 Å². The molecule has 222 valence electrons. The molecule has 0 spiro atoms. The molecule has 1 aromatic carbocycles. The van der Waals surface area contributed by atoms with Crippen LogP contribution in [0.15, 0.2) is 24.5 Å². The van der Waals surface area contributed by atoms with Gasteiger partial charge >= 0.3 is 0 Å². The van der Waals surface area contributed by atoms with Crippen LogP contribution < -0.4 is 0 Å². The largest absolute Gasteiger partial charge is 0.330 e. The highest BCUT2D eigenvalue weighted by Gasteiger charge is 2.33. The van der Waals surface area contributed by atoms with E-state index < -0.39 is 31.7 Å². The predicted octanol–water partition coefficient (Wildman–Crippen LogP) is 2.96. The van der Waals surface area contributed by atoms with Gasteiger partial charge < -0.3 is 9.47 Å². The lowest BCUT2D eigenvalue weighted by Gasteiger charge is -2.38. The third-order valence-electron chi connectivity index (χ3n) is 8.93. The maximum atomic E-state index is 14.2. The minimum absolute atomic E-state index is 0.0627. The molecule has 4 heterocycles. The number of halogens is 2. The molecule has 40 heavy (non-hydrogen) atoms. The lowest BCUT2D eigenvalue weighted by atomic mass is 9.78. The Morgan fingerprint density at radius 2 is 1.50 bits per heavy atom. The van der Waals surface area contributed by atoms with Crippen molar-refractivity contribution in [3.63, 3.8) is 0 Å². The molecule has 3 aliphatic rings. The van der Waals surface area contributed by atoms with E-state index in [1.54, 1.807) is 0 Å². The number of aromatic nitrogens is 2. The van der Waals surface area contributed by atoms with Crippen LogP contribution in [-0.2, 0) is 33.0 Å². The van der Waals surface area contributed by atoms with Crippen LogP contribution in [0.5, 0.6) is 0 Å².